The molecule has 2 nitrogen and oxygen atoms in total. The van der Waals surface area contributed by atoms with Crippen molar-refractivity contribution in [3.05, 3.63) is 23.9 Å². The molecule has 0 unspecified atom stereocenters. The fourth-order valence-electron chi connectivity index (χ4n) is 2.14. The Morgan fingerprint density at radius 2 is 2.25 bits per heavy atom. The molecule has 1 heterocycles. The minimum absolute atomic E-state index is 0.884. The summed E-state index contributed by atoms with van der Waals surface area (Å²) in [6.45, 7) is 3.06. The smallest absolute Gasteiger partial charge is 0.129 e. The summed E-state index contributed by atoms with van der Waals surface area (Å²) < 4.78 is 0. The van der Waals surface area contributed by atoms with Gasteiger partial charge in [0.25, 0.3) is 0 Å². The molecule has 1 aliphatic carbocycles. The molecule has 3 heteroatoms. The van der Waals surface area contributed by atoms with Crippen LogP contribution < -0.4 is 5.32 Å². The van der Waals surface area contributed by atoms with Crippen LogP contribution in [0, 0.1) is 0 Å². The fourth-order valence-corrected chi connectivity index (χ4v) is 3.46. The molecule has 2 rings (SSSR count). The SMILES string of the molecule is CCNc1ncccc1CSC1CCCC1. The van der Waals surface area contributed by atoms with E-state index in [-0.39, 0.29) is 0 Å². The molecule has 0 bridgehead atoms. The molecule has 0 saturated heterocycles. The molecule has 1 fully saturated rings. The lowest BCUT2D eigenvalue weighted by Gasteiger charge is -2.12. The molecule has 1 aromatic rings. The predicted octanol–water partition coefficient (Wildman–Crippen LogP) is 3.69. The van der Waals surface area contributed by atoms with E-state index in [1.54, 1.807) is 0 Å². The Labute approximate surface area is 102 Å². The van der Waals surface area contributed by atoms with Crippen molar-refractivity contribution >= 4 is 17.6 Å². The van der Waals surface area contributed by atoms with Gasteiger partial charge in [0.05, 0.1) is 0 Å². The Hall–Kier alpha value is -0.700. The average molecular weight is 236 g/mol. The van der Waals surface area contributed by atoms with Gasteiger partial charge >= 0.3 is 0 Å². The number of nitrogens with zero attached hydrogens (tertiary/aromatic N) is 1. The summed E-state index contributed by atoms with van der Waals surface area (Å²) in [5, 5.41) is 4.21. The first-order valence-corrected chi connectivity index (χ1v) is 7.24. The highest BCUT2D eigenvalue weighted by molar-refractivity contribution is 7.99. The summed E-state index contributed by atoms with van der Waals surface area (Å²) in [5.74, 6) is 2.16. The summed E-state index contributed by atoms with van der Waals surface area (Å²) in [6.07, 6.45) is 7.51. The van der Waals surface area contributed by atoms with Gasteiger partial charge in [-0.2, -0.15) is 11.8 Å². The lowest BCUT2D eigenvalue weighted by atomic mass is 10.3. The Balaban J connectivity index is 1.91. The number of rotatable bonds is 5. The number of thioether (sulfide) groups is 1. The molecule has 0 spiro atoms. The topological polar surface area (TPSA) is 24.9 Å². The quantitative estimate of drug-likeness (QED) is 0.844. The summed E-state index contributed by atoms with van der Waals surface area (Å²) >= 11 is 2.10. The van der Waals surface area contributed by atoms with Gasteiger partial charge in [0, 0.05) is 29.3 Å². The minimum atomic E-state index is 0.884. The molecular formula is C13H20N2S. The summed E-state index contributed by atoms with van der Waals surface area (Å²) in [4.78, 5) is 4.39. The second-order valence-electron chi connectivity index (χ2n) is 4.26. The molecule has 1 aliphatic rings. The van der Waals surface area contributed by atoms with E-state index in [4.69, 9.17) is 0 Å². The van der Waals surface area contributed by atoms with Gasteiger partial charge in [-0.05, 0) is 25.8 Å². The van der Waals surface area contributed by atoms with Crippen LogP contribution in [0.25, 0.3) is 0 Å². The number of pyridine rings is 1. The lowest BCUT2D eigenvalue weighted by Crippen LogP contribution is -2.03. The molecule has 0 atom stereocenters. The van der Waals surface area contributed by atoms with E-state index in [1.807, 2.05) is 12.3 Å². The number of hydrogen-bond donors (Lipinski definition) is 1. The van der Waals surface area contributed by atoms with Crippen LogP contribution in [-0.4, -0.2) is 16.8 Å². The van der Waals surface area contributed by atoms with Crippen LogP contribution in [0.1, 0.15) is 38.2 Å². The van der Waals surface area contributed by atoms with Crippen LogP contribution in [0.2, 0.25) is 0 Å². The maximum atomic E-state index is 4.39. The number of anilines is 1. The summed E-state index contributed by atoms with van der Waals surface area (Å²) in [7, 11) is 0. The Kier molecular flexibility index (Phi) is 4.52. The second kappa shape index (κ2) is 6.14. The summed E-state index contributed by atoms with van der Waals surface area (Å²) in [5.41, 5.74) is 1.35. The molecule has 1 N–H and O–H groups in total. The van der Waals surface area contributed by atoms with Crippen LogP contribution in [0.5, 0.6) is 0 Å². The highest BCUT2D eigenvalue weighted by atomic mass is 32.2. The third kappa shape index (κ3) is 3.14. The normalized spacial score (nSPS) is 16.6. The monoisotopic (exact) mass is 236 g/mol. The first kappa shape index (κ1) is 11.8. The van der Waals surface area contributed by atoms with Gasteiger partial charge in [-0.15, -0.1) is 0 Å². The molecule has 0 aliphatic heterocycles. The third-order valence-electron chi connectivity index (χ3n) is 3.01. The lowest BCUT2D eigenvalue weighted by molar-refractivity contribution is 0.886. The van der Waals surface area contributed by atoms with Crippen molar-refractivity contribution in [2.75, 3.05) is 11.9 Å². The van der Waals surface area contributed by atoms with Crippen LogP contribution in [-0.2, 0) is 5.75 Å². The van der Waals surface area contributed by atoms with Gasteiger partial charge in [0.1, 0.15) is 5.82 Å². The maximum absolute atomic E-state index is 4.39. The van der Waals surface area contributed by atoms with E-state index in [0.29, 0.717) is 0 Å². The van der Waals surface area contributed by atoms with Crippen LogP contribution >= 0.6 is 11.8 Å². The highest BCUT2D eigenvalue weighted by Crippen LogP contribution is 2.32. The van der Waals surface area contributed by atoms with Gasteiger partial charge in [-0.25, -0.2) is 4.98 Å². The second-order valence-corrected chi connectivity index (χ2v) is 5.55. The molecular weight excluding hydrogens is 216 g/mol. The van der Waals surface area contributed by atoms with E-state index in [0.717, 1.165) is 23.4 Å². The van der Waals surface area contributed by atoms with Crippen molar-refractivity contribution < 1.29 is 0 Å². The predicted molar refractivity (Wildman–Crippen MR) is 72.0 cm³/mol. The van der Waals surface area contributed by atoms with Crippen LogP contribution in [0.15, 0.2) is 18.3 Å². The van der Waals surface area contributed by atoms with Gasteiger partial charge in [0.15, 0.2) is 0 Å². The van der Waals surface area contributed by atoms with E-state index in [1.165, 1.54) is 31.2 Å². The third-order valence-corrected chi connectivity index (χ3v) is 4.43. The van der Waals surface area contributed by atoms with Gasteiger partial charge in [0.2, 0.25) is 0 Å². The zero-order valence-corrected chi connectivity index (χ0v) is 10.7. The van der Waals surface area contributed by atoms with Crippen LogP contribution in [0.4, 0.5) is 5.82 Å². The number of hydrogen-bond acceptors (Lipinski definition) is 3. The van der Waals surface area contributed by atoms with Crippen molar-refractivity contribution in [1.29, 1.82) is 0 Å². The van der Waals surface area contributed by atoms with E-state index in [2.05, 4.69) is 35.1 Å². The Morgan fingerprint density at radius 3 is 3.00 bits per heavy atom. The van der Waals surface area contributed by atoms with Gasteiger partial charge < -0.3 is 5.32 Å². The van der Waals surface area contributed by atoms with Crippen molar-refractivity contribution in [2.24, 2.45) is 0 Å². The average Bonchev–Trinajstić information content (AvgIpc) is 2.81. The first-order valence-electron chi connectivity index (χ1n) is 6.19. The van der Waals surface area contributed by atoms with E-state index >= 15 is 0 Å². The van der Waals surface area contributed by atoms with E-state index < -0.39 is 0 Å². The molecule has 16 heavy (non-hydrogen) atoms. The van der Waals surface area contributed by atoms with Gasteiger partial charge in [-0.3, -0.25) is 0 Å². The zero-order chi connectivity index (χ0) is 11.2. The number of aromatic nitrogens is 1. The fraction of sp³-hybridized carbons (Fsp3) is 0.615. The first-order chi connectivity index (χ1) is 7.90. The molecule has 0 amide bonds. The zero-order valence-electron chi connectivity index (χ0n) is 9.91. The van der Waals surface area contributed by atoms with Crippen molar-refractivity contribution in [1.82, 2.24) is 4.98 Å². The molecule has 0 radical (unpaired) electrons. The standard InChI is InChI=1S/C13H20N2S/c1-2-14-13-11(6-5-9-15-13)10-16-12-7-3-4-8-12/h5-6,9,12H,2-4,7-8,10H2,1H3,(H,14,15). The van der Waals surface area contributed by atoms with Crippen molar-refractivity contribution in [3.63, 3.8) is 0 Å². The van der Waals surface area contributed by atoms with Gasteiger partial charge in [-0.1, -0.05) is 18.9 Å². The van der Waals surface area contributed by atoms with Crippen molar-refractivity contribution in [3.8, 4) is 0 Å². The highest BCUT2D eigenvalue weighted by Gasteiger charge is 2.15. The molecule has 0 aromatic carbocycles. The Morgan fingerprint density at radius 1 is 1.44 bits per heavy atom. The number of nitrogens with one attached hydrogen (secondary N) is 1. The minimum Gasteiger partial charge on any atom is -0.370 e. The molecule has 1 saturated carbocycles. The Bertz CT molecular complexity index is 321. The largest absolute Gasteiger partial charge is 0.370 e. The van der Waals surface area contributed by atoms with E-state index in [9.17, 15) is 0 Å². The summed E-state index contributed by atoms with van der Waals surface area (Å²) in [6, 6.07) is 4.22. The van der Waals surface area contributed by atoms with Crippen LogP contribution in [0.3, 0.4) is 0 Å². The molecule has 1 aromatic heterocycles. The van der Waals surface area contributed by atoms with Crippen molar-refractivity contribution in [2.45, 2.75) is 43.6 Å². The maximum Gasteiger partial charge on any atom is 0.129 e. The molecule has 88 valence electrons.